The first-order valence-electron chi connectivity index (χ1n) is 7.20. The summed E-state index contributed by atoms with van der Waals surface area (Å²) in [6.45, 7) is 3.85. The molecular formula is C13H16FN7O3. The molecule has 0 aliphatic carbocycles. The number of nitrogens with zero attached hydrogens (tertiary/aromatic N) is 6. The van der Waals surface area contributed by atoms with Gasteiger partial charge in [0.2, 0.25) is 5.95 Å². The Labute approximate surface area is 136 Å². The van der Waals surface area contributed by atoms with Crippen LogP contribution in [0.1, 0.15) is 31.9 Å². The molecule has 0 fully saturated rings. The van der Waals surface area contributed by atoms with Crippen LogP contribution in [0.4, 0.5) is 10.1 Å². The fraction of sp³-hybridized carbons (Fsp3) is 0.385. The normalized spacial score (nSPS) is 12.5. The lowest BCUT2D eigenvalue weighted by Crippen LogP contribution is -2.29. The molecule has 10 nitrogen and oxygen atoms in total. The lowest BCUT2D eigenvalue weighted by molar-refractivity contribution is -0.385. The molecule has 2 rings (SSSR count). The average molecular weight is 337 g/mol. The van der Waals surface area contributed by atoms with Gasteiger partial charge in [-0.05, 0) is 13.3 Å². The summed E-state index contributed by atoms with van der Waals surface area (Å²) in [5, 5.41) is 22.0. The predicted molar refractivity (Wildman–Crippen MR) is 81.8 cm³/mol. The molecule has 0 spiro atoms. The van der Waals surface area contributed by atoms with E-state index in [1.807, 2.05) is 0 Å². The molecule has 1 N–H and O–H groups in total. The van der Waals surface area contributed by atoms with E-state index in [0.717, 1.165) is 17.1 Å². The molecule has 0 radical (unpaired) electrons. The van der Waals surface area contributed by atoms with Gasteiger partial charge in [0.05, 0.1) is 22.9 Å². The molecule has 24 heavy (non-hydrogen) atoms. The van der Waals surface area contributed by atoms with Crippen LogP contribution in [-0.4, -0.2) is 36.6 Å². The van der Waals surface area contributed by atoms with Crippen LogP contribution in [0.3, 0.4) is 0 Å². The highest BCUT2D eigenvalue weighted by atomic mass is 19.1. The van der Waals surface area contributed by atoms with Gasteiger partial charge in [-0.3, -0.25) is 19.6 Å². The number of halogens is 1. The fourth-order valence-electron chi connectivity index (χ4n) is 2.02. The highest BCUT2D eigenvalue weighted by Crippen LogP contribution is 2.15. The summed E-state index contributed by atoms with van der Waals surface area (Å²) in [4.78, 5) is 22.2. The minimum atomic E-state index is -0.765. The Hall–Kier alpha value is -3.11. The van der Waals surface area contributed by atoms with E-state index in [1.54, 1.807) is 13.8 Å². The minimum absolute atomic E-state index is 0.139. The van der Waals surface area contributed by atoms with Gasteiger partial charge in [-0.1, -0.05) is 6.92 Å². The molecule has 0 aliphatic rings. The number of hydrogen-bond donors (Lipinski definition) is 1. The summed E-state index contributed by atoms with van der Waals surface area (Å²) in [6, 6.07) is -0.765. The van der Waals surface area contributed by atoms with E-state index in [2.05, 4.69) is 20.7 Å². The Morgan fingerprint density at radius 2 is 2.25 bits per heavy atom. The Kier molecular flexibility index (Phi) is 5.35. The van der Waals surface area contributed by atoms with Crippen LogP contribution in [0, 0.1) is 16.1 Å². The molecule has 0 bridgehead atoms. The molecule has 0 aliphatic heterocycles. The minimum Gasteiger partial charge on any atom is -0.271 e. The first-order chi connectivity index (χ1) is 11.5. The van der Waals surface area contributed by atoms with Crippen LogP contribution in [0.15, 0.2) is 23.7 Å². The van der Waals surface area contributed by atoms with Crippen molar-refractivity contribution in [1.82, 2.24) is 25.0 Å². The third-order valence-corrected chi connectivity index (χ3v) is 3.29. The van der Waals surface area contributed by atoms with E-state index < -0.39 is 22.8 Å². The van der Waals surface area contributed by atoms with Crippen LogP contribution < -0.4 is 5.43 Å². The maximum atomic E-state index is 13.7. The Balaban J connectivity index is 2.04. The average Bonchev–Trinajstić information content (AvgIpc) is 3.16. The molecule has 0 saturated carbocycles. The molecule has 11 heteroatoms. The summed E-state index contributed by atoms with van der Waals surface area (Å²) in [7, 11) is 0. The van der Waals surface area contributed by atoms with E-state index >= 15 is 0 Å². The number of rotatable bonds is 7. The van der Waals surface area contributed by atoms with Crippen molar-refractivity contribution in [3.8, 4) is 0 Å². The fourth-order valence-corrected chi connectivity index (χ4v) is 2.02. The lowest BCUT2D eigenvalue weighted by atomic mass is 10.2. The van der Waals surface area contributed by atoms with Crippen molar-refractivity contribution < 1.29 is 14.1 Å². The first kappa shape index (κ1) is 17.2. The molecule has 1 amide bonds. The highest BCUT2D eigenvalue weighted by molar-refractivity contribution is 5.83. The van der Waals surface area contributed by atoms with Gasteiger partial charge in [-0.15, -0.1) is 0 Å². The molecule has 128 valence electrons. The summed E-state index contributed by atoms with van der Waals surface area (Å²) in [6.07, 6.45) is 5.02. The van der Waals surface area contributed by atoms with Crippen molar-refractivity contribution in [3.63, 3.8) is 0 Å². The molecule has 2 aromatic rings. The van der Waals surface area contributed by atoms with Crippen molar-refractivity contribution >= 4 is 17.8 Å². The van der Waals surface area contributed by atoms with Crippen LogP contribution in [0.5, 0.6) is 0 Å². The zero-order chi connectivity index (χ0) is 17.7. The van der Waals surface area contributed by atoms with E-state index in [1.165, 1.54) is 17.1 Å². The number of amides is 1. The second-order valence-corrected chi connectivity index (χ2v) is 4.80. The molecule has 0 saturated heterocycles. The molecule has 1 unspecified atom stereocenters. The summed E-state index contributed by atoms with van der Waals surface area (Å²) < 4.78 is 16.1. The van der Waals surface area contributed by atoms with Crippen molar-refractivity contribution in [3.05, 3.63) is 40.2 Å². The third kappa shape index (κ3) is 3.62. The van der Waals surface area contributed by atoms with Gasteiger partial charge in [0.15, 0.2) is 0 Å². The number of aromatic nitrogens is 4. The first-order valence-corrected chi connectivity index (χ1v) is 7.20. The summed E-state index contributed by atoms with van der Waals surface area (Å²) in [5.41, 5.74) is 2.20. The molecule has 1 atom stereocenters. The zero-order valence-corrected chi connectivity index (χ0v) is 13.1. The lowest BCUT2D eigenvalue weighted by Gasteiger charge is -2.12. The second-order valence-electron chi connectivity index (χ2n) is 4.80. The van der Waals surface area contributed by atoms with Gasteiger partial charge in [0, 0.05) is 6.54 Å². The molecule has 0 aromatic carbocycles. The van der Waals surface area contributed by atoms with E-state index in [4.69, 9.17) is 0 Å². The number of carbonyl (C=O) groups excluding carboxylic acids is 1. The Morgan fingerprint density at radius 3 is 2.79 bits per heavy atom. The van der Waals surface area contributed by atoms with Crippen LogP contribution in [0.2, 0.25) is 0 Å². The Bertz CT molecular complexity index is 767. The van der Waals surface area contributed by atoms with Crippen LogP contribution in [0.25, 0.3) is 0 Å². The number of carbonyl (C=O) groups is 1. The summed E-state index contributed by atoms with van der Waals surface area (Å²) >= 11 is 0. The highest BCUT2D eigenvalue weighted by Gasteiger charge is 2.21. The monoisotopic (exact) mass is 337 g/mol. The predicted octanol–water partition coefficient (Wildman–Crippen LogP) is 1.25. The van der Waals surface area contributed by atoms with Gasteiger partial charge in [-0.25, -0.2) is 10.1 Å². The maximum Gasteiger partial charge on any atom is 0.307 e. The number of nitrogens with one attached hydrogen (secondary N) is 1. The molecule has 2 aromatic heterocycles. The topological polar surface area (TPSA) is 120 Å². The zero-order valence-electron chi connectivity index (χ0n) is 13.1. The Morgan fingerprint density at radius 1 is 1.50 bits per heavy atom. The van der Waals surface area contributed by atoms with Crippen LogP contribution >= 0.6 is 0 Å². The second kappa shape index (κ2) is 7.44. The van der Waals surface area contributed by atoms with E-state index in [0.29, 0.717) is 13.0 Å². The number of nitro groups is 1. The van der Waals surface area contributed by atoms with Gasteiger partial charge in [0.1, 0.15) is 18.4 Å². The summed E-state index contributed by atoms with van der Waals surface area (Å²) in [5.74, 6) is -1.07. The standard InChI is InChI=1S/C13H16FN7O3/c1-3-11(20-8-10(7-17-20)21(23)24)13(22)18-15-5-9-6-16-19(4-2)12(9)14/h5-8,11H,3-4H2,1-2H3,(H,18,22)/b15-5+. The SMILES string of the molecule is CCC(C(=O)N/N=C/c1cnn(CC)c1F)n1cc([N+](=O)[O-])cn1. The number of hydrazone groups is 1. The van der Waals surface area contributed by atoms with Crippen molar-refractivity contribution in [2.24, 2.45) is 5.10 Å². The van der Waals surface area contributed by atoms with E-state index in [9.17, 15) is 19.3 Å². The van der Waals surface area contributed by atoms with Gasteiger partial charge >= 0.3 is 5.69 Å². The van der Waals surface area contributed by atoms with Gasteiger partial charge in [-0.2, -0.15) is 19.7 Å². The number of hydrogen-bond acceptors (Lipinski definition) is 6. The van der Waals surface area contributed by atoms with Crippen molar-refractivity contribution in [2.75, 3.05) is 0 Å². The van der Waals surface area contributed by atoms with Gasteiger partial charge in [0.25, 0.3) is 5.91 Å². The van der Waals surface area contributed by atoms with Crippen molar-refractivity contribution in [2.45, 2.75) is 32.9 Å². The quantitative estimate of drug-likeness (QED) is 0.463. The maximum absolute atomic E-state index is 13.7. The third-order valence-electron chi connectivity index (χ3n) is 3.29. The van der Waals surface area contributed by atoms with Gasteiger partial charge < -0.3 is 0 Å². The number of aryl methyl sites for hydroxylation is 1. The van der Waals surface area contributed by atoms with Crippen LogP contribution in [-0.2, 0) is 11.3 Å². The molecular weight excluding hydrogens is 321 g/mol. The van der Waals surface area contributed by atoms with Crippen molar-refractivity contribution in [1.29, 1.82) is 0 Å². The van der Waals surface area contributed by atoms with E-state index in [-0.39, 0.29) is 11.3 Å². The smallest absolute Gasteiger partial charge is 0.271 e. The molecule has 2 heterocycles. The largest absolute Gasteiger partial charge is 0.307 e.